The molecule has 0 aliphatic carbocycles. The molecule has 0 saturated carbocycles. The molecule has 25 heavy (non-hydrogen) atoms. The van der Waals surface area contributed by atoms with Gasteiger partial charge in [-0.3, -0.25) is 4.79 Å². The summed E-state index contributed by atoms with van der Waals surface area (Å²) in [5.74, 6) is 0.895. The SMILES string of the molecule is O=C(Nc1ccc(-c2ncc3n2CCCC3)cc1)c1cccc(Br)c1. The molecule has 0 spiro atoms. The summed E-state index contributed by atoms with van der Waals surface area (Å²) in [6, 6.07) is 15.2. The summed E-state index contributed by atoms with van der Waals surface area (Å²) < 4.78 is 3.19. The third-order valence-electron chi connectivity index (χ3n) is 4.49. The van der Waals surface area contributed by atoms with Gasteiger partial charge in [0.25, 0.3) is 5.91 Å². The first-order valence-electron chi connectivity index (χ1n) is 8.42. The van der Waals surface area contributed by atoms with Gasteiger partial charge < -0.3 is 9.88 Å². The van der Waals surface area contributed by atoms with E-state index in [1.54, 1.807) is 12.1 Å². The lowest BCUT2D eigenvalue weighted by atomic mass is 10.1. The monoisotopic (exact) mass is 395 g/mol. The van der Waals surface area contributed by atoms with Crippen LogP contribution in [0.15, 0.2) is 59.2 Å². The first kappa shape index (κ1) is 16.1. The average molecular weight is 396 g/mol. The molecule has 0 bridgehead atoms. The molecule has 2 heterocycles. The van der Waals surface area contributed by atoms with Crippen LogP contribution in [0.4, 0.5) is 5.69 Å². The maximum absolute atomic E-state index is 12.3. The lowest BCUT2D eigenvalue weighted by Crippen LogP contribution is -2.12. The van der Waals surface area contributed by atoms with E-state index in [4.69, 9.17) is 0 Å². The predicted octanol–water partition coefficient (Wildman–Crippen LogP) is 4.90. The third kappa shape index (κ3) is 3.37. The van der Waals surface area contributed by atoms with E-state index in [1.807, 2.05) is 42.6 Å². The molecule has 1 aliphatic heterocycles. The number of aromatic nitrogens is 2. The highest BCUT2D eigenvalue weighted by Gasteiger charge is 2.15. The summed E-state index contributed by atoms with van der Waals surface area (Å²) in [5, 5.41) is 2.93. The lowest BCUT2D eigenvalue weighted by molar-refractivity contribution is 0.102. The van der Waals surface area contributed by atoms with Crippen LogP contribution in [0.2, 0.25) is 0 Å². The Hall–Kier alpha value is -2.40. The van der Waals surface area contributed by atoms with Crippen molar-refractivity contribution in [1.82, 2.24) is 9.55 Å². The largest absolute Gasteiger partial charge is 0.328 e. The Morgan fingerprint density at radius 3 is 2.76 bits per heavy atom. The van der Waals surface area contributed by atoms with Gasteiger partial charge in [-0.1, -0.05) is 22.0 Å². The molecular weight excluding hydrogens is 378 g/mol. The highest BCUT2D eigenvalue weighted by atomic mass is 79.9. The van der Waals surface area contributed by atoms with E-state index in [1.165, 1.54) is 18.5 Å². The molecule has 0 saturated heterocycles. The van der Waals surface area contributed by atoms with Crippen molar-refractivity contribution in [1.29, 1.82) is 0 Å². The fourth-order valence-electron chi connectivity index (χ4n) is 3.20. The molecule has 1 aromatic heterocycles. The van der Waals surface area contributed by atoms with Crippen LogP contribution in [0.25, 0.3) is 11.4 Å². The Kier molecular flexibility index (Phi) is 4.40. The molecule has 126 valence electrons. The molecular formula is C20H18BrN3O. The summed E-state index contributed by atoms with van der Waals surface area (Å²) in [6.45, 7) is 1.03. The van der Waals surface area contributed by atoms with E-state index in [2.05, 4.69) is 30.8 Å². The summed E-state index contributed by atoms with van der Waals surface area (Å²) in [4.78, 5) is 16.9. The van der Waals surface area contributed by atoms with Crippen molar-refractivity contribution in [3.8, 4) is 11.4 Å². The van der Waals surface area contributed by atoms with Crippen LogP contribution in [-0.2, 0) is 13.0 Å². The quantitative estimate of drug-likeness (QED) is 0.685. The van der Waals surface area contributed by atoms with Gasteiger partial charge in [0.1, 0.15) is 5.82 Å². The zero-order chi connectivity index (χ0) is 17.2. The number of hydrogen-bond donors (Lipinski definition) is 1. The minimum atomic E-state index is -0.118. The first-order valence-corrected chi connectivity index (χ1v) is 9.22. The second-order valence-electron chi connectivity index (χ2n) is 6.22. The van der Waals surface area contributed by atoms with E-state index < -0.39 is 0 Å². The third-order valence-corrected chi connectivity index (χ3v) is 4.98. The Labute approximate surface area is 155 Å². The summed E-state index contributed by atoms with van der Waals surface area (Å²) >= 11 is 3.39. The summed E-state index contributed by atoms with van der Waals surface area (Å²) in [5.41, 5.74) is 3.79. The Bertz CT molecular complexity index is 915. The lowest BCUT2D eigenvalue weighted by Gasteiger charge is -2.16. The van der Waals surface area contributed by atoms with Crippen LogP contribution < -0.4 is 5.32 Å². The number of nitrogens with zero attached hydrogens (tertiary/aromatic N) is 2. The zero-order valence-corrected chi connectivity index (χ0v) is 15.3. The topological polar surface area (TPSA) is 46.9 Å². The van der Waals surface area contributed by atoms with Crippen molar-refractivity contribution < 1.29 is 4.79 Å². The molecule has 1 N–H and O–H groups in total. The number of hydrogen-bond acceptors (Lipinski definition) is 2. The van der Waals surface area contributed by atoms with Crippen molar-refractivity contribution in [3.63, 3.8) is 0 Å². The average Bonchev–Trinajstić information content (AvgIpc) is 3.06. The van der Waals surface area contributed by atoms with Crippen molar-refractivity contribution in [2.75, 3.05) is 5.32 Å². The van der Waals surface area contributed by atoms with Gasteiger partial charge in [-0.05, 0) is 61.7 Å². The molecule has 4 nitrogen and oxygen atoms in total. The van der Waals surface area contributed by atoms with Gasteiger partial charge in [-0.25, -0.2) is 4.98 Å². The molecule has 4 rings (SSSR count). The minimum absolute atomic E-state index is 0.118. The minimum Gasteiger partial charge on any atom is -0.328 e. The van der Waals surface area contributed by atoms with Crippen molar-refractivity contribution in [2.24, 2.45) is 0 Å². The number of nitrogens with one attached hydrogen (secondary N) is 1. The van der Waals surface area contributed by atoms with Crippen LogP contribution in [0.5, 0.6) is 0 Å². The van der Waals surface area contributed by atoms with Crippen molar-refractivity contribution in [2.45, 2.75) is 25.8 Å². The Balaban J connectivity index is 1.52. The van der Waals surface area contributed by atoms with Gasteiger partial charge >= 0.3 is 0 Å². The van der Waals surface area contributed by atoms with E-state index in [-0.39, 0.29) is 5.91 Å². The smallest absolute Gasteiger partial charge is 0.255 e. The maximum Gasteiger partial charge on any atom is 0.255 e. The van der Waals surface area contributed by atoms with E-state index >= 15 is 0 Å². The van der Waals surface area contributed by atoms with Gasteiger partial charge in [0.15, 0.2) is 0 Å². The molecule has 2 aromatic carbocycles. The fraction of sp³-hybridized carbons (Fsp3) is 0.200. The maximum atomic E-state index is 12.3. The number of rotatable bonds is 3. The highest BCUT2D eigenvalue weighted by Crippen LogP contribution is 2.25. The van der Waals surface area contributed by atoms with Gasteiger partial charge in [0.05, 0.1) is 0 Å². The number of halogens is 1. The molecule has 0 radical (unpaired) electrons. The van der Waals surface area contributed by atoms with Crippen LogP contribution in [0.1, 0.15) is 28.9 Å². The van der Waals surface area contributed by atoms with Crippen molar-refractivity contribution in [3.05, 3.63) is 70.5 Å². The summed E-state index contributed by atoms with van der Waals surface area (Å²) in [6.07, 6.45) is 5.54. The van der Waals surface area contributed by atoms with Crippen LogP contribution >= 0.6 is 15.9 Å². The van der Waals surface area contributed by atoms with Gasteiger partial charge in [0.2, 0.25) is 0 Å². The molecule has 1 amide bonds. The zero-order valence-electron chi connectivity index (χ0n) is 13.7. The predicted molar refractivity (Wildman–Crippen MR) is 103 cm³/mol. The standard InChI is InChI=1S/C20H18BrN3O/c21-16-5-3-4-15(12-16)20(25)23-17-9-7-14(8-10-17)19-22-13-18-6-1-2-11-24(18)19/h3-5,7-10,12-13H,1-2,6,11H2,(H,23,25). The first-order chi connectivity index (χ1) is 12.2. The number of carbonyl (C=O) groups is 1. The second kappa shape index (κ2) is 6.84. The highest BCUT2D eigenvalue weighted by molar-refractivity contribution is 9.10. The molecule has 0 atom stereocenters. The molecule has 0 unspecified atom stereocenters. The van der Waals surface area contributed by atoms with Crippen LogP contribution in [0.3, 0.4) is 0 Å². The van der Waals surface area contributed by atoms with Gasteiger partial charge in [-0.2, -0.15) is 0 Å². The van der Waals surface area contributed by atoms with Gasteiger partial charge in [0, 0.05) is 39.7 Å². The number of carbonyl (C=O) groups excluding carboxylic acids is 1. The molecule has 5 heteroatoms. The van der Waals surface area contributed by atoms with Crippen LogP contribution in [0, 0.1) is 0 Å². The number of fused-ring (bicyclic) bond motifs is 1. The molecule has 1 aliphatic rings. The van der Waals surface area contributed by atoms with Gasteiger partial charge in [-0.15, -0.1) is 0 Å². The fourth-order valence-corrected chi connectivity index (χ4v) is 3.60. The normalized spacial score (nSPS) is 13.3. The van der Waals surface area contributed by atoms with Crippen molar-refractivity contribution >= 4 is 27.5 Å². The van der Waals surface area contributed by atoms with E-state index in [0.717, 1.165) is 34.5 Å². The number of amides is 1. The van der Waals surface area contributed by atoms with E-state index in [0.29, 0.717) is 5.56 Å². The van der Waals surface area contributed by atoms with E-state index in [9.17, 15) is 4.79 Å². The molecule has 3 aromatic rings. The second-order valence-corrected chi connectivity index (χ2v) is 7.14. The number of benzene rings is 2. The number of aryl methyl sites for hydroxylation is 1. The molecule has 0 fully saturated rings. The number of imidazole rings is 1. The van der Waals surface area contributed by atoms with Crippen LogP contribution in [-0.4, -0.2) is 15.5 Å². The Morgan fingerprint density at radius 2 is 1.96 bits per heavy atom. The number of anilines is 1. The summed E-state index contributed by atoms with van der Waals surface area (Å²) in [7, 11) is 0. The Morgan fingerprint density at radius 1 is 1.12 bits per heavy atom.